The molecule has 1 N–H and O–H groups in total. The fraction of sp³-hybridized carbons (Fsp3) is 0.240. The summed E-state index contributed by atoms with van der Waals surface area (Å²) in [5, 5.41) is 0. The van der Waals surface area contributed by atoms with Crippen molar-refractivity contribution in [2.24, 2.45) is 20.0 Å². The third kappa shape index (κ3) is 4.90. The molecular formula is C25H26FN3O3S2. The minimum atomic E-state index is -3.88. The minimum Gasteiger partial charge on any atom is -0.295 e. The van der Waals surface area contributed by atoms with Gasteiger partial charge in [-0.3, -0.25) is 13.9 Å². The maximum atomic E-state index is 13.4. The maximum Gasteiger partial charge on any atom is 0.328 e. The van der Waals surface area contributed by atoms with Crippen LogP contribution in [-0.4, -0.2) is 17.6 Å². The van der Waals surface area contributed by atoms with Crippen molar-refractivity contribution in [2.45, 2.75) is 35.0 Å². The number of aromatic nitrogens is 2. The molecule has 6 nitrogen and oxygen atoms in total. The van der Waals surface area contributed by atoms with Crippen LogP contribution in [0.5, 0.6) is 0 Å². The second-order valence-electron chi connectivity index (χ2n) is 8.64. The molecule has 0 saturated heterocycles. The summed E-state index contributed by atoms with van der Waals surface area (Å²) < 4.78 is 45.5. The van der Waals surface area contributed by atoms with Gasteiger partial charge in [0.25, 0.3) is 10.0 Å². The van der Waals surface area contributed by atoms with Crippen LogP contribution in [0.1, 0.15) is 19.4 Å². The Morgan fingerprint density at radius 3 is 2.12 bits per heavy atom. The summed E-state index contributed by atoms with van der Waals surface area (Å²) in [5.41, 5.74) is 2.46. The molecule has 34 heavy (non-hydrogen) atoms. The van der Waals surface area contributed by atoms with Crippen molar-refractivity contribution in [3.05, 3.63) is 82.5 Å². The normalized spacial score (nSPS) is 11.9. The summed E-state index contributed by atoms with van der Waals surface area (Å²) in [6, 6.07) is 16.2. The molecule has 0 unspecified atom stereocenters. The molecule has 4 rings (SSSR count). The summed E-state index contributed by atoms with van der Waals surface area (Å²) in [6.07, 6.45) is 0.866. The number of rotatable bonds is 7. The zero-order chi connectivity index (χ0) is 24.6. The number of imidazole rings is 1. The number of nitrogens with zero attached hydrogens (tertiary/aromatic N) is 2. The van der Waals surface area contributed by atoms with E-state index in [-0.39, 0.29) is 16.4 Å². The Morgan fingerprint density at radius 2 is 1.53 bits per heavy atom. The number of hydrogen-bond donors (Lipinski definition) is 1. The summed E-state index contributed by atoms with van der Waals surface area (Å²) in [7, 11) is -0.574. The van der Waals surface area contributed by atoms with E-state index in [9.17, 15) is 17.6 Å². The van der Waals surface area contributed by atoms with Crippen LogP contribution in [0.4, 0.5) is 10.1 Å². The summed E-state index contributed by atoms with van der Waals surface area (Å²) in [4.78, 5) is 13.9. The van der Waals surface area contributed by atoms with E-state index in [1.807, 2.05) is 12.1 Å². The first-order valence-corrected chi connectivity index (χ1v) is 13.1. The van der Waals surface area contributed by atoms with Gasteiger partial charge in [0.05, 0.1) is 21.6 Å². The van der Waals surface area contributed by atoms with Crippen molar-refractivity contribution in [2.75, 3.05) is 4.72 Å². The minimum absolute atomic E-state index is 0.153. The van der Waals surface area contributed by atoms with Gasteiger partial charge in [-0.05, 0) is 66.4 Å². The highest BCUT2D eigenvalue weighted by Crippen LogP contribution is 2.37. The summed E-state index contributed by atoms with van der Waals surface area (Å²) >= 11 is 1.29. The smallest absolute Gasteiger partial charge is 0.295 e. The SMILES string of the molecule is CC(C)Cc1ccc(S(=O)(=O)Nc2cc3c(cc2Sc2ccc(F)cc2)n(C)c(=O)n3C)cc1. The van der Waals surface area contributed by atoms with Crippen LogP contribution in [-0.2, 0) is 30.5 Å². The molecule has 1 heterocycles. The van der Waals surface area contributed by atoms with Gasteiger partial charge in [0.1, 0.15) is 5.82 Å². The lowest BCUT2D eigenvalue weighted by Crippen LogP contribution is -2.19. The van der Waals surface area contributed by atoms with Gasteiger partial charge in [0, 0.05) is 23.9 Å². The predicted octanol–water partition coefficient (Wildman–Crippen LogP) is 5.17. The fourth-order valence-corrected chi connectivity index (χ4v) is 5.85. The van der Waals surface area contributed by atoms with Crippen molar-refractivity contribution >= 4 is 38.5 Å². The first kappa shape index (κ1) is 24.1. The van der Waals surface area contributed by atoms with Crippen LogP contribution >= 0.6 is 11.8 Å². The summed E-state index contributed by atoms with van der Waals surface area (Å²) in [5.74, 6) is 0.114. The number of halogens is 1. The van der Waals surface area contributed by atoms with E-state index in [0.29, 0.717) is 27.5 Å². The van der Waals surface area contributed by atoms with Gasteiger partial charge in [-0.2, -0.15) is 0 Å². The Labute approximate surface area is 202 Å². The van der Waals surface area contributed by atoms with Gasteiger partial charge in [-0.25, -0.2) is 17.6 Å². The van der Waals surface area contributed by atoms with Gasteiger partial charge >= 0.3 is 5.69 Å². The highest BCUT2D eigenvalue weighted by molar-refractivity contribution is 7.99. The number of benzene rings is 3. The topological polar surface area (TPSA) is 73.1 Å². The lowest BCUT2D eigenvalue weighted by atomic mass is 10.0. The molecule has 178 valence electrons. The van der Waals surface area contributed by atoms with Crippen LogP contribution in [0.2, 0.25) is 0 Å². The third-order valence-electron chi connectivity index (χ3n) is 5.54. The fourth-order valence-electron chi connectivity index (χ4n) is 3.80. The first-order valence-electron chi connectivity index (χ1n) is 10.8. The number of anilines is 1. The molecule has 9 heteroatoms. The van der Waals surface area contributed by atoms with Crippen LogP contribution in [0.3, 0.4) is 0 Å². The molecule has 0 radical (unpaired) electrons. The van der Waals surface area contributed by atoms with E-state index >= 15 is 0 Å². The van der Waals surface area contributed by atoms with E-state index in [1.165, 1.54) is 33.0 Å². The van der Waals surface area contributed by atoms with Crippen molar-refractivity contribution in [3.8, 4) is 0 Å². The average Bonchev–Trinajstić information content (AvgIpc) is 2.99. The highest BCUT2D eigenvalue weighted by Gasteiger charge is 2.20. The lowest BCUT2D eigenvalue weighted by Gasteiger charge is -2.14. The van der Waals surface area contributed by atoms with Crippen LogP contribution in [0.15, 0.2) is 80.1 Å². The number of nitrogens with one attached hydrogen (secondary N) is 1. The van der Waals surface area contributed by atoms with Gasteiger partial charge in [0.2, 0.25) is 0 Å². The second kappa shape index (κ2) is 9.31. The average molecular weight is 500 g/mol. The molecule has 1 aromatic heterocycles. The van der Waals surface area contributed by atoms with Crippen molar-refractivity contribution < 1.29 is 12.8 Å². The second-order valence-corrected chi connectivity index (χ2v) is 11.4. The molecule has 0 aliphatic carbocycles. The molecule has 0 saturated carbocycles. The first-order chi connectivity index (χ1) is 16.0. The summed E-state index contributed by atoms with van der Waals surface area (Å²) in [6.45, 7) is 4.22. The number of fused-ring (bicyclic) bond motifs is 1. The van der Waals surface area contributed by atoms with Gasteiger partial charge in [0.15, 0.2) is 0 Å². The predicted molar refractivity (Wildman–Crippen MR) is 134 cm³/mol. The molecule has 0 fully saturated rings. The quantitative estimate of drug-likeness (QED) is 0.381. The van der Waals surface area contributed by atoms with E-state index in [4.69, 9.17) is 0 Å². The van der Waals surface area contributed by atoms with Crippen molar-refractivity contribution in [3.63, 3.8) is 0 Å². The zero-order valence-corrected chi connectivity index (χ0v) is 21.0. The maximum absolute atomic E-state index is 13.4. The Morgan fingerprint density at radius 1 is 0.941 bits per heavy atom. The van der Waals surface area contributed by atoms with Crippen molar-refractivity contribution in [1.29, 1.82) is 0 Å². The lowest BCUT2D eigenvalue weighted by molar-refractivity contribution is 0.601. The molecule has 0 bridgehead atoms. The molecule has 0 spiro atoms. The van der Waals surface area contributed by atoms with Crippen LogP contribution < -0.4 is 10.4 Å². The van der Waals surface area contributed by atoms with E-state index in [1.54, 1.807) is 50.5 Å². The molecular weight excluding hydrogens is 473 g/mol. The van der Waals surface area contributed by atoms with Crippen LogP contribution in [0.25, 0.3) is 11.0 Å². The molecule has 3 aromatic carbocycles. The van der Waals surface area contributed by atoms with E-state index in [2.05, 4.69) is 18.6 Å². The number of aryl methyl sites for hydroxylation is 2. The van der Waals surface area contributed by atoms with Gasteiger partial charge in [-0.1, -0.05) is 37.7 Å². The molecule has 0 amide bonds. The van der Waals surface area contributed by atoms with Gasteiger partial charge in [-0.15, -0.1) is 0 Å². The molecule has 0 atom stereocenters. The van der Waals surface area contributed by atoms with Crippen LogP contribution in [0, 0.1) is 11.7 Å². The largest absolute Gasteiger partial charge is 0.328 e. The molecule has 0 aliphatic rings. The Bertz CT molecular complexity index is 1500. The number of sulfonamides is 1. The Hall–Kier alpha value is -3.04. The standard InChI is InChI=1S/C25H26FN3O3S2/c1-16(2)13-17-5-11-20(12-6-17)34(31,32)27-21-14-22-23(29(4)25(30)28(22)3)15-24(21)33-19-9-7-18(26)8-10-19/h5-12,14-16,27H,13H2,1-4H3. The Balaban J connectivity index is 1.77. The molecule has 4 aromatic rings. The highest BCUT2D eigenvalue weighted by atomic mass is 32.2. The zero-order valence-electron chi connectivity index (χ0n) is 19.4. The van der Waals surface area contributed by atoms with Gasteiger partial charge < -0.3 is 0 Å². The molecule has 0 aliphatic heterocycles. The number of hydrogen-bond acceptors (Lipinski definition) is 4. The monoisotopic (exact) mass is 499 g/mol. The van der Waals surface area contributed by atoms with E-state index < -0.39 is 10.0 Å². The third-order valence-corrected chi connectivity index (χ3v) is 7.98. The Kier molecular flexibility index (Phi) is 6.60. The van der Waals surface area contributed by atoms with E-state index in [0.717, 1.165) is 16.9 Å². The van der Waals surface area contributed by atoms with Crippen molar-refractivity contribution in [1.82, 2.24) is 9.13 Å².